The number of aliphatic hydroxyl groups excluding tert-OH is 2. The number of hydrogen-bond donors (Lipinski definition) is 3. The second kappa shape index (κ2) is 8.27. The zero-order valence-corrected chi connectivity index (χ0v) is 11.2. The van der Waals surface area contributed by atoms with Gasteiger partial charge in [-0.2, -0.15) is 0 Å². The molecule has 0 aromatic heterocycles. The standard InChI is InChI=1S/C11H18NO6P/c12-6-7-16-19(15,17-9-10(14)8-13)18-11-4-2-1-3-5-11/h1-5,10,13-14H,6-9,12H2. The lowest BCUT2D eigenvalue weighted by atomic mass is 10.3. The van der Waals surface area contributed by atoms with Gasteiger partial charge in [0, 0.05) is 6.54 Å². The molecule has 0 saturated carbocycles. The van der Waals surface area contributed by atoms with Crippen molar-refractivity contribution in [3.63, 3.8) is 0 Å². The molecule has 8 heteroatoms. The fourth-order valence-electron chi connectivity index (χ4n) is 1.09. The molecule has 2 atom stereocenters. The van der Waals surface area contributed by atoms with Gasteiger partial charge in [-0.05, 0) is 12.1 Å². The summed E-state index contributed by atoms with van der Waals surface area (Å²) in [6, 6.07) is 8.35. The van der Waals surface area contributed by atoms with Crippen molar-refractivity contribution in [1.82, 2.24) is 0 Å². The normalized spacial score (nSPS) is 15.7. The van der Waals surface area contributed by atoms with E-state index < -0.39 is 20.5 Å². The van der Waals surface area contributed by atoms with Gasteiger partial charge in [-0.25, -0.2) is 4.57 Å². The largest absolute Gasteiger partial charge is 0.530 e. The second-order valence-corrected chi connectivity index (χ2v) is 5.20. The second-order valence-electron chi connectivity index (χ2n) is 3.61. The SMILES string of the molecule is NCCOP(=O)(OCC(O)CO)Oc1ccccc1. The highest BCUT2D eigenvalue weighted by Crippen LogP contribution is 2.49. The van der Waals surface area contributed by atoms with Crippen LogP contribution < -0.4 is 10.3 Å². The molecule has 0 heterocycles. The molecular weight excluding hydrogens is 273 g/mol. The third kappa shape index (κ3) is 6.15. The monoisotopic (exact) mass is 291 g/mol. The Balaban J connectivity index is 2.66. The Morgan fingerprint density at radius 1 is 1.26 bits per heavy atom. The molecule has 1 rings (SSSR count). The van der Waals surface area contributed by atoms with Crippen molar-refractivity contribution in [3.05, 3.63) is 30.3 Å². The molecule has 0 aliphatic rings. The summed E-state index contributed by atoms with van der Waals surface area (Å²) in [5, 5.41) is 17.9. The van der Waals surface area contributed by atoms with Crippen molar-refractivity contribution >= 4 is 7.82 Å². The maximum absolute atomic E-state index is 12.2. The number of phosphoric acid groups is 1. The van der Waals surface area contributed by atoms with E-state index in [9.17, 15) is 9.67 Å². The number of aliphatic hydroxyl groups is 2. The Bertz CT molecular complexity index is 401. The van der Waals surface area contributed by atoms with E-state index in [-0.39, 0.29) is 19.8 Å². The molecule has 0 spiro atoms. The first-order valence-corrected chi connectivity index (χ1v) is 7.18. The average molecular weight is 291 g/mol. The average Bonchev–Trinajstić information content (AvgIpc) is 2.44. The molecule has 0 aliphatic heterocycles. The highest BCUT2D eigenvalue weighted by Gasteiger charge is 2.29. The van der Waals surface area contributed by atoms with Crippen LogP contribution in [0.3, 0.4) is 0 Å². The van der Waals surface area contributed by atoms with Crippen LogP contribution in [0.4, 0.5) is 0 Å². The van der Waals surface area contributed by atoms with Crippen LogP contribution in [0.1, 0.15) is 0 Å². The molecule has 7 nitrogen and oxygen atoms in total. The quantitative estimate of drug-likeness (QED) is 0.569. The van der Waals surface area contributed by atoms with E-state index in [1.807, 2.05) is 0 Å². The first-order chi connectivity index (χ1) is 9.09. The van der Waals surface area contributed by atoms with Gasteiger partial charge in [0.05, 0.1) is 19.8 Å². The van der Waals surface area contributed by atoms with Gasteiger partial charge < -0.3 is 20.5 Å². The summed E-state index contributed by atoms with van der Waals surface area (Å²) < 4.78 is 27.3. The summed E-state index contributed by atoms with van der Waals surface area (Å²) in [5.74, 6) is 0.307. The molecule has 0 aliphatic carbocycles. The van der Waals surface area contributed by atoms with Crippen molar-refractivity contribution < 1.29 is 28.3 Å². The van der Waals surface area contributed by atoms with Crippen LogP contribution in [-0.2, 0) is 13.6 Å². The van der Waals surface area contributed by atoms with Gasteiger partial charge in [-0.3, -0.25) is 9.05 Å². The van der Waals surface area contributed by atoms with Crippen LogP contribution in [0.2, 0.25) is 0 Å². The molecule has 19 heavy (non-hydrogen) atoms. The zero-order chi connectivity index (χ0) is 14.1. The van der Waals surface area contributed by atoms with Gasteiger partial charge in [0.1, 0.15) is 11.9 Å². The highest BCUT2D eigenvalue weighted by atomic mass is 31.2. The summed E-state index contributed by atoms with van der Waals surface area (Å²) in [5.41, 5.74) is 5.26. The number of para-hydroxylation sites is 1. The van der Waals surface area contributed by atoms with Crippen LogP contribution in [0.15, 0.2) is 30.3 Å². The summed E-state index contributed by atoms with van der Waals surface area (Å²) in [6.45, 7) is -0.749. The van der Waals surface area contributed by atoms with Crippen molar-refractivity contribution in [2.45, 2.75) is 6.10 Å². The Hall–Kier alpha value is -0.950. The van der Waals surface area contributed by atoms with Crippen LogP contribution in [0.5, 0.6) is 5.75 Å². The van der Waals surface area contributed by atoms with Gasteiger partial charge in [0.25, 0.3) is 0 Å². The van der Waals surface area contributed by atoms with Gasteiger partial charge in [0.2, 0.25) is 0 Å². The van der Waals surface area contributed by atoms with E-state index in [1.54, 1.807) is 30.3 Å². The minimum absolute atomic E-state index is 0.0146. The third-order valence-electron chi connectivity index (χ3n) is 1.96. The Kier molecular flexibility index (Phi) is 7.01. The van der Waals surface area contributed by atoms with Gasteiger partial charge >= 0.3 is 7.82 Å². The molecule has 4 N–H and O–H groups in total. The minimum Gasteiger partial charge on any atom is -0.404 e. The predicted octanol–water partition coefficient (Wildman–Crippen LogP) is 0.519. The number of rotatable bonds is 9. The Labute approximate surface area is 111 Å². The smallest absolute Gasteiger partial charge is 0.404 e. The van der Waals surface area contributed by atoms with Gasteiger partial charge in [0.15, 0.2) is 0 Å². The highest BCUT2D eigenvalue weighted by molar-refractivity contribution is 7.48. The molecule has 0 bridgehead atoms. The topological polar surface area (TPSA) is 111 Å². The molecule has 1 aromatic rings. The molecule has 0 fully saturated rings. The number of benzene rings is 1. The van der Waals surface area contributed by atoms with Gasteiger partial charge in [-0.1, -0.05) is 18.2 Å². The lowest BCUT2D eigenvalue weighted by molar-refractivity contribution is 0.0381. The lowest BCUT2D eigenvalue weighted by Crippen LogP contribution is -2.20. The molecule has 0 amide bonds. The molecule has 0 radical (unpaired) electrons. The summed E-state index contributed by atoms with van der Waals surface area (Å²) >= 11 is 0. The molecule has 2 unspecified atom stereocenters. The van der Waals surface area contributed by atoms with E-state index in [0.717, 1.165) is 0 Å². The van der Waals surface area contributed by atoms with E-state index >= 15 is 0 Å². The zero-order valence-electron chi connectivity index (χ0n) is 10.3. The first kappa shape index (κ1) is 16.1. The van der Waals surface area contributed by atoms with E-state index in [1.165, 1.54) is 0 Å². The van der Waals surface area contributed by atoms with Crippen molar-refractivity contribution in [2.75, 3.05) is 26.4 Å². The van der Waals surface area contributed by atoms with Crippen molar-refractivity contribution in [2.24, 2.45) is 5.73 Å². The van der Waals surface area contributed by atoms with Gasteiger partial charge in [-0.15, -0.1) is 0 Å². The van der Waals surface area contributed by atoms with Crippen LogP contribution in [-0.4, -0.2) is 42.7 Å². The first-order valence-electron chi connectivity index (χ1n) is 5.72. The Morgan fingerprint density at radius 3 is 2.53 bits per heavy atom. The maximum Gasteiger partial charge on any atom is 0.530 e. The summed E-state index contributed by atoms with van der Waals surface area (Å²) in [6.07, 6.45) is -1.16. The van der Waals surface area contributed by atoms with Crippen LogP contribution >= 0.6 is 7.82 Å². The lowest BCUT2D eigenvalue weighted by Gasteiger charge is -2.19. The Morgan fingerprint density at radius 2 is 1.95 bits per heavy atom. The number of hydrogen-bond acceptors (Lipinski definition) is 7. The van der Waals surface area contributed by atoms with E-state index in [2.05, 4.69) is 0 Å². The fourth-order valence-corrected chi connectivity index (χ4v) is 2.34. The van der Waals surface area contributed by atoms with Crippen molar-refractivity contribution in [3.8, 4) is 5.75 Å². The van der Waals surface area contributed by atoms with E-state index in [0.29, 0.717) is 5.75 Å². The minimum atomic E-state index is -3.88. The number of nitrogens with two attached hydrogens (primary N) is 1. The molecular formula is C11H18NO6P. The molecule has 108 valence electrons. The van der Waals surface area contributed by atoms with Crippen LogP contribution in [0, 0.1) is 0 Å². The van der Waals surface area contributed by atoms with Crippen LogP contribution in [0.25, 0.3) is 0 Å². The fraction of sp³-hybridized carbons (Fsp3) is 0.455. The maximum atomic E-state index is 12.2. The van der Waals surface area contributed by atoms with E-state index in [4.69, 9.17) is 24.4 Å². The molecule has 0 saturated heterocycles. The van der Waals surface area contributed by atoms with Crippen molar-refractivity contribution in [1.29, 1.82) is 0 Å². The predicted molar refractivity (Wildman–Crippen MR) is 68.7 cm³/mol. The molecule has 1 aromatic carbocycles. The summed E-state index contributed by atoms with van der Waals surface area (Å²) in [7, 11) is -3.88. The summed E-state index contributed by atoms with van der Waals surface area (Å²) in [4.78, 5) is 0. The third-order valence-corrected chi connectivity index (χ3v) is 3.36. The number of phosphoric ester groups is 1.